The Labute approximate surface area is 321 Å². The summed E-state index contributed by atoms with van der Waals surface area (Å²) < 4.78 is 12.7. The Morgan fingerprint density at radius 2 is 1.72 bits per heavy atom. The summed E-state index contributed by atoms with van der Waals surface area (Å²) in [4.78, 5) is 50.5. The van der Waals surface area contributed by atoms with Crippen molar-refractivity contribution in [2.75, 3.05) is 38.6 Å². The summed E-state index contributed by atoms with van der Waals surface area (Å²) >= 11 is 1.35. The van der Waals surface area contributed by atoms with Crippen LogP contribution in [0.1, 0.15) is 70.6 Å². The van der Waals surface area contributed by atoms with E-state index in [-0.39, 0.29) is 18.6 Å². The average Bonchev–Trinajstić information content (AvgIpc) is 3.85. The topological polar surface area (TPSA) is 202 Å². The van der Waals surface area contributed by atoms with Crippen LogP contribution < -0.4 is 16.0 Å². The summed E-state index contributed by atoms with van der Waals surface area (Å²) in [5, 5.41) is 33.2. The molecule has 2 fully saturated rings. The normalized spacial score (nSPS) is 17.9. The van der Waals surface area contributed by atoms with Gasteiger partial charge in [-0.1, -0.05) is 74.2 Å². The zero-order valence-corrected chi connectivity index (χ0v) is 32.4. The molecule has 16 nitrogen and oxygen atoms in total. The minimum atomic E-state index is -1.04. The monoisotopic (exact) mass is 768 g/mol. The van der Waals surface area contributed by atoms with E-state index in [2.05, 4.69) is 46.3 Å². The highest BCUT2D eigenvalue weighted by Gasteiger charge is 2.33. The van der Waals surface area contributed by atoms with Crippen molar-refractivity contribution in [1.29, 1.82) is 0 Å². The van der Waals surface area contributed by atoms with Crippen molar-refractivity contribution in [1.82, 2.24) is 51.0 Å². The third-order valence-corrected chi connectivity index (χ3v) is 10.7. The maximum Gasteiger partial charge on any atom is 0.408 e. The fourth-order valence-electron chi connectivity index (χ4n) is 6.76. The third-order valence-electron chi connectivity index (χ3n) is 9.62. The highest BCUT2D eigenvalue weighted by molar-refractivity contribution is 7.99. The number of morpholine rings is 1. The van der Waals surface area contributed by atoms with Crippen LogP contribution in [0.4, 0.5) is 4.79 Å². The molecule has 1 saturated heterocycles. The van der Waals surface area contributed by atoms with Crippen LogP contribution in [-0.4, -0.2) is 127 Å². The summed E-state index contributed by atoms with van der Waals surface area (Å²) in [5.41, 5.74) is 0.685. The maximum atomic E-state index is 14.2. The van der Waals surface area contributed by atoms with Gasteiger partial charge in [0.15, 0.2) is 0 Å². The predicted molar refractivity (Wildman–Crippen MR) is 202 cm³/mol. The first-order chi connectivity index (χ1) is 26.0. The summed E-state index contributed by atoms with van der Waals surface area (Å²) in [6.45, 7) is 9.77. The highest BCUT2D eigenvalue weighted by atomic mass is 32.2. The number of ether oxygens (including phenoxy) is 2. The molecule has 5 N–H and O–H groups in total. The van der Waals surface area contributed by atoms with Gasteiger partial charge in [0.25, 0.3) is 0 Å². The number of aliphatic hydroxyl groups excluding tert-OH is 1. The molecule has 296 valence electrons. The Morgan fingerprint density at radius 1 is 1.00 bits per heavy atom. The van der Waals surface area contributed by atoms with E-state index in [4.69, 9.17) is 9.47 Å². The average molecular weight is 769 g/mol. The summed E-state index contributed by atoms with van der Waals surface area (Å²) in [5.74, 6) is -0.398. The van der Waals surface area contributed by atoms with Gasteiger partial charge in [0.05, 0.1) is 38.2 Å². The van der Waals surface area contributed by atoms with Gasteiger partial charge in [0, 0.05) is 50.1 Å². The maximum absolute atomic E-state index is 14.2. The molecule has 17 heteroatoms. The molecule has 2 aromatic heterocycles. The van der Waals surface area contributed by atoms with E-state index >= 15 is 0 Å². The van der Waals surface area contributed by atoms with Crippen molar-refractivity contribution in [3.8, 4) is 0 Å². The number of nitrogens with one attached hydrogen (secondary N) is 4. The molecular weight excluding hydrogens is 713 g/mol. The SMILES string of the molecule is CC(C)(C)OC(=O)N[C@@H](Cc1ccccc1)C(=O)N[C@@H](Cc1cnc[nH]1)C(=O)N[C@@H](CC1CCCCC1)[C@@H](O)CSc1nnnn1CCN1CCOCC1. The Bertz CT molecular complexity index is 1580. The summed E-state index contributed by atoms with van der Waals surface area (Å²) in [6.07, 6.45) is 7.78. The van der Waals surface area contributed by atoms with Gasteiger partial charge in [-0.2, -0.15) is 0 Å². The standard InChI is InChI=1S/C37H56N10O6S/c1-37(2,3)53-36(51)42-30(21-27-12-8-5-9-13-27)33(49)41-31(22-28-23-38-25-39-28)34(50)40-29(20-26-10-6-4-7-11-26)32(48)24-54-35-43-44-45-47(35)15-14-46-16-18-52-19-17-46/h5,8-9,12-13,23,25-26,29-32,48H,4,6-7,10-11,14-22,24H2,1-3H3,(H,38,39)(H,40,50)(H,41,49)(H,42,51)/t29-,30-,31-,32-/m0/s1. The minimum Gasteiger partial charge on any atom is -0.444 e. The lowest BCUT2D eigenvalue weighted by atomic mass is 9.83. The molecule has 54 heavy (non-hydrogen) atoms. The largest absolute Gasteiger partial charge is 0.444 e. The van der Waals surface area contributed by atoms with Gasteiger partial charge >= 0.3 is 6.09 Å². The number of aromatic amines is 1. The van der Waals surface area contributed by atoms with Crippen LogP contribution in [0.25, 0.3) is 0 Å². The highest BCUT2D eigenvalue weighted by Crippen LogP contribution is 2.29. The Hall–Kier alpha value is -4.06. The number of hydrogen-bond donors (Lipinski definition) is 5. The zero-order valence-electron chi connectivity index (χ0n) is 31.6. The molecule has 4 atom stereocenters. The number of alkyl carbamates (subject to hydrolysis) is 1. The lowest BCUT2D eigenvalue weighted by Crippen LogP contribution is -2.58. The van der Waals surface area contributed by atoms with Gasteiger partial charge in [-0.15, -0.1) is 5.10 Å². The Balaban J connectivity index is 1.29. The van der Waals surface area contributed by atoms with Gasteiger partial charge in [0.1, 0.15) is 17.7 Å². The number of benzene rings is 1. The van der Waals surface area contributed by atoms with Crippen LogP contribution in [0.15, 0.2) is 48.0 Å². The second-order valence-corrected chi connectivity index (χ2v) is 16.1. The summed E-state index contributed by atoms with van der Waals surface area (Å²) in [6, 6.07) is 6.64. The first kappa shape index (κ1) is 41.1. The smallest absolute Gasteiger partial charge is 0.408 e. The van der Waals surface area contributed by atoms with Crippen molar-refractivity contribution in [3.05, 3.63) is 54.1 Å². The number of tetrazole rings is 1. The van der Waals surface area contributed by atoms with Crippen molar-refractivity contribution in [3.63, 3.8) is 0 Å². The lowest BCUT2D eigenvalue weighted by Gasteiger charge is -2.31. The van der Waals surface area contributed by atoms with E-state index < -0.39 is 47.7 Å². The first-order valence-corrected chi connectivity index (χ1v) is 20.0. The van der Waals surface area contributed by atoms with Crippen molar-refractivity contribution in [2.24, 2.45) is 5.92 Å². The van der Waals surface area contributed by atoms with Gasteiger partial charge in [-0.3, -0.25) is 14.5 Å². The van der Waals surface area contributed by atoms with E-state index in [9.17, 15) is 19.5 Å². The minimum absolute atomic E-state index is 0.112. The number of imidazole rings is 1. The predicted octanol–water partition coefficient (Wildman–Crippen LogP) is 2.50. The zero-order chi connectivity index (χ0) is 38.3. The first-order valence-electron chi connectivity index (χ1n) is 19.0. The lowest BCUT2D eigenvalue weighted by molar-refractivity contribution is -0.130. The second kappa shape index (κ2) is 20.6. The number of thioether (sulfide) groups is 1. The molecule has 1 aliphatic carbocycles. The fourth-order valence-corrected chi connectivity index (χ4v) is 7.68. The van der Waals surface area contributed by atoms with Gasteiger partial charge in [-0.25, -0.2) is 14.5 Å². The van der Waals surface area contributed by atoms with E-state index in [1.54, 1.807) is 31.6 Å². The number of carbonyl (C=O) groups is 3. The second-order valence-electron chi connectivity index (χ2n) is 15.1. The van der Waals surface area contributed by atoms with Gasteiger partial charge in [-0.05, 0) is 49.1 Å². The molecule has 2 aliphatic rings. The molecule has 5 rings (SSSR count). The number of amides is 3. The van der Waals surface area contributed by atoms with Crippen molar-refractivity contribution < 1.29 is 29.0 Å². The Morgan fingerprint density at radius 3 is 2.43 bits per heavy atom. The van der Waals surface area contributed by atoms with Crippen LogP contribution in [0.2, 0.25) is 0 Å². The van der Waals surface area contributed by atoms with Crippen molar-refractivity contribution in [2.45, 2.75) is 114 Å². The van der Waals surface area contributed by atoms with E-state index in [0.29, 0.717) is 42.9 Å². The number of carbonyl (C=O) groups excluding carboxylic acids is 3. The number of H-pyrrole nitrogens is 1. The Kier molecular flexibility index (Phi) is 15.7. The fraction of sp³-hybridized carbons (Fsp3) is 0.649. The van der Waals surface area contributed by atoms with E-state index in [0.717, 1.165) is 50.9 Å². The van der Waals surface area contributed by atoms with Gasteiger partial charge in [0.2, 0.25) is 17.0 Å². The number of nitrogens with zero attached hydrogens (tertiary/aromatic N) is 6. The van der Waals surface area contributed by atoms with Crippen LogP contribution in [0, 0.1) is 5.92 Å². The van der Waals surface area contributed by atoms with E-state index in [1.807, 2.05) is 30.3 Å². The molecule has 0 bridgehead atoms. The molecule has 3 heterocycles. The van der Waals surface area contributed by atoms with Crippen LogP contribution >= 0.6 is 11.8 Å². The third kappa shape index (κ3) is 13.7. The molecule has 1 aromatic carbocycles. The molecule has 1 aliphatic heterocycles. The number of aromatic nitrogens is 6. The molecule has 3 amide bonds. The molecule has 0 spiro atoms. The number of hydrogen-bond acceptors (Lipinski definition) is 12. The van der Waals surface area contributed by atoms with Crippen LogP contribution in [0.5, 0.6) is 0 Å². The van der Waals surface area contributed by atoms with E-state index in [1.165, 1.54) is 24.5 Å². The number of rotatable bonds is 18. The van der Waals surface area contributed by atoms with Crippen molar-refractivity contribution >= 4 is 29.7 Å². The quantitative estimate of drug-likeness (QED) is 0.119. The number of aliphatic hydroxyl groups is 1. The van der Waals surface area contributed by atoms with Crippen LogP contribution in [-0.2, 0) is 38.4 Å². The van der Waals surface area contributed by atoms with Crippen LogP contribution in [0.3, 0.4) is 0 Å². The molecular formula is C37H56N10O6S. The molecule has 0 unspecified atom stereocenters. The molecule has 3 aromatic rings. The molecule has 1 saturated carbocycles. The molecule has 0 radical (unpaired) electrons. The summed E-state index contributed by atoms with van der Waals surface area (Å²) in [7, 11) is 0. The van der Waals surface area contributed by atoms with Gasteiger partial charge < -0.3 is 35.5 Å².